The molecule has 1 aliphatic heterocycles. The summed E-state index contributed by atoms with van der Waals surface area (Å²) in [7, 11) is 0. The molecular formula is C23H25N5O2. The van der Waals surface area contributed by atoms with Crippen LogP contribution in [0.1, 0.15) is 65.9 Å². The smallest absolute Gasteiger partial charge is 0.276 e. The van der Waals surface area contributed by atoms with E-state index in [1.54, 1.807) is 0 Å². The Balaban J connectivity index is 1.31. The van der Waals surface area contributed by atoms with Crippen LogP contribution in [-0.4, -0.2) is 43.6 Å². The molecule has 0 radical (unpaired) electrons. The first-order chi connectivity index (χ1) is 14.6. The molecule has 3 heterocycles. The van der Waals surface area contributed by atoms with Gasteiger partial charge < -0.3 is 13.9 Å². The van der Waals surface area contributed by atoms with Crippen molar-refractivity contribution in [1.82, 2.24) is 24.6 Å². The average molecular weight is 403 g/mol. The fourth-order valence-electron chi connectivity index (χ4n) is 5.29. The van der Waals surface area contributed by atoms with Crippen molar-refractivity contribution in [3.8, 4) is 11.3 Å². The number of likely N-dealkylation sites (tertiary alicyclic amines) is 1. The minimum absolute atomic E-state index is 0.0495. The maximum atomic E-state index is 13.5. The lowest BCUT2D eigenvalue weighted by Gasteiger charge is -2.42. The number of hydrogen-bond donors (Lipinski definition) is 0. The molecule has 2 saturated carbocycles. The summed E-state index contributed by atoms with van der Waals surface area (Å²) in [6.07, 6.45) is 9.15. The van der Waals surface area contributed by atoms with Crippen molar-refractivity contribution in [3.05, 3.63) is 54.1 Å². The standard InChI is InChI=1S/C23H25N5O2/c1-15-4-2-5-16(10-15)20-19(24-14-30-20)22(29)27-11-18(23(12-27)8-3-9-23)21-26-25-13-28(21)17-6-7-17/h2,4-5,10,13-14,17-18H,3,6-9,11-12H2,1H3. The predicted octanol–water partition coefficient (Wildman–Crippen LogP) is 3.99. The van der Waals surface area contributed by atoms with Gasteiger partial charge in [0.15, 0.2) is 17.8 Å². The summed E-state index contributed by atoms with van der Waals surface area (Å²) in [6.45, 7) is 3.46. The van der Waals surface area contributed by atoms with Crippen LogP contribution < -0.4 is 0 Å². The molecule has 1 saturated heterocycles. The third-order valence-corrected chi connectivity index (χ3v) is 7.19. The number of rotatable bonds is 4. The number of nitrogens with zero attached hydrogens (tertiary/aromatic N) is 5. The van der Waals surface area contributed by atoms with E-state index >= 15 is 0 Å². The van der Waals surface area contributed by atoms with E-state index in [4.69, 9.17) is 4.42 Å². The fourth-order valence-corrected chi connectivity index (χ4v) is 5.29. The molecule has 7 heteroatoms. The molecule has 0 bridgehead atoms. The van der Waals surface area contributed by atoms with Crippen LogP contribution in [0.2, 0.25) is 0 Å². The highest BCUT2D eigenvalue weighted by Crippen LogP contribution is 2.56. The summed E-state index contributed by atoms with van der Waals surface area (Å²) in [5.41, 5.74) is 2.54. The first-order valence-corrected chi connectivity index (χ1v) is 10.8. The van der Waals surface area contributed by atoms with Crippen LogP contribution in [0, 0.1) is 12.3 Å². The molecule has 7 nitrogen and oxygen atoms in total. The molecule has 1 unspecified atom stereocenters. The molecule has 154 valence electrons. The van der Waals surface area contributed by atoms with Gasteiger partial charge in [-0.1, -0.05) is 30.2 Å². The Kier molecular flexibility index (Phi) is 3.88. The lowest BCUT2D eigenvalue weighted by Crippen LogP contribution is -2.38. The van der Waals surface area contributed by atoms with E-state index in [0.29, 0.717) is 24.0 Å². The third-order valence-electron chi connectivity index (χ3n) is 7.19. The number of carbonyl (C=O) groups is 1. The van der Waals surface area contributed by atoms with E-state index in [1.165, 1.54) is 25.7 Å². The minimum atomic E-state index is -0.0495. The van der Waals surface area contributed by atoms with Gasteiger partial charge in [-0.15, -0.1) is 10.2 Å². The second-order valence-corrected chi connectivity index (χ2v) is 9.18. The number of oxazole rings is 1. The largest absolute Gasteiger partial charge is 0.443 e. The van der Waals surface area contributed by atoms with Crippen LogP contribution in [0.15, 0.2) is 41.4 Å². The van der Waals surface area contributed by atoms with Crippen molar-refractivity contribution in [2.45, 2.75) is 51.0 Å². The molecule has 30 heavy (non-hydrogen) atoms. The van der Waals surface area contributed by atoms with Crippen molar-refractivity contribution >= 4 is 5.91 Å². The number of benzene rings is 1. The van der Waals surface area contributed by atoms with Crippen molar-refractivity contribution in [1.29, 1.82) is 0 Å². The first-order valence-electron chi connectivity index (χ1n) is 10.8. The van der Waals surface area contributed by atoms with E-state index in [1.807, 2.05) is 42.4 Å². The van der Waals surface area contributed by atoms with Crippen molar-refractivity contribution in [2.75, 3.05) is 13.1 Å². The highest BCUT2D eigenvalue weighted by atomic mass is 16.3. The van der Waals surface area contributed by atoms with Crippen molar-refractivity contribution in [2.24, 2.45) is 5.41 Å². The Morgan fingerprint density at radius 3 is 2.87 bits per heavy atom. The van der Waals surface area contributed by atoms with Gasteiger partial charge in [0, 0.05) is 30.6 Å². The van der Waals surface area contributed by atoms with Crippen LogP contribution >= 0.6 is 0 Å². The first kappa shape index (κ1) is 17.9. The molecule has 3 fully saturated rings. The van der Waals surface area contributed by atoms with Gasteiger partial charge >= 0.3 is 0 Å². The molecule has 2 aromatic heterocycles. The topological polar surface area (TPSA) is 77.1 Å². The highest BCUT2D eigenvalue weighted by Gasteiger charge is 2.54. The molecule has 1 amide bonds. The molecule has 1 aromatic carbocycles. The fraction of sp³-hybridized carbons (Fsp3) is 0.478. The zero-order chi connectivity index (χ0) is 20.3. The molecule has 1 atom stereocenters. The van der Waals surface area contributed by atoms with E-state index in [2.05, 4.69) is 19.7 Å². The minimum Gasteiger partial charge on any atom is -0.443 e. The number of amides is 1. The Bertz CT molecular complexity index is 1110. The normalized spacial score (nSPS) is 22.4. The van der Waals surface area contributed by atoms with Crippen LogP contribution in [0.3, 0.4) is 0 Å². The average Bonchev–Trinajstić information content (AvgIpc) is 3.14. The SMILES string of the molecule is Cc1cccc(-c2ocnc2C(=O)N2CC(c3nncn3C3CC3)C3(CCC3)C2)c1. The lowest BCUT2D eigenvalue weighted by molar-refractivity contribution is 0.0718. The number of aromatic nitrogens is 4. The Morgan fingerprint density at radius 2 is 2.13 bits per heavy atom. The van der Waals surface area contributed by atoms with Gasteiger partial charge in [-0.3, -0.25) is 4.79 Å². The quantitative estimate of drug-likeness (QED) is 0.658. The molecule has 6 rings (SSSR count). The van der Waals surface area contributed by atoms with Gasteiger partial charge in [0.1, 0.15) is 12.2 Å². The number of hydrogen-bond acceptors (Lipinski definition) is 5. The van der Waals surface area contributed by atoms with Crippen LogP contribution in [0.5, 0.6) is 0 Å². The summed E-state index contributed by atoms with van der Waals surface area (Å²) in [4.78, 5) is 19.8. The van der Waals surface area contributed by atoms with Crippen molar-refractivity contribution in [3.63, 3.8) is 0 Å². The van der Waals surface area contributed by atoms with Gasteiger partial charge in [0.25, 0.3) is 5.91 Å². The van der Waals surface area contributed by atoms with Crippen LogP contribution in [0.25, 0.3) is 11.3 Å². The zero-order valence-corrected chi connectivity index (χ0v) is 17.1. The molecule has 2 aliphatic carbocycles. The van der Waals surface area contributed by atoms with Crippen LogP contribution in [-0.2, 0) is 0 Å². The number of aryl methyl sites for hydroxylation is 1. The van der Waals surface area contributed by atoms with E-state index in [9.17, 15) is 4.79 Å². The van der Waals surface area contributed by atoms with Gasteiger partial charge in [-0.05, 0) is 44.1 Å². The molecular weight excluding hydrogens is 378 g/mol. The van der Waals surface area contributed by atoms with E-state index < -0.39 is 0 Å². The Morgan fingerprint density at radius 1 is 1.27 bits per heavy atom. The summed E-state index contributed by atoms with van der Waals surface area (Å²) < 4.78 is 7.91. The second-order valence-electron chi connectivity index (χ2n) is 9.18. The summed E-state index contributed by atoms with van der Waals surface area (Å²) in [6, 6.07) is 8.53. The van der Waals surface area contributed by atoms with Crippen molar-refractivity contribution < 1.29 is 9.21 Å². The molecule has 3 aromatic rings. The Labute approximate surface area is 175 Å². The summed E-state index contributed by atoms with van der Waals surface area (Å²) >= 11 is 0. The summed E-state index contributed by atoms with van der Waals surface area (Å²) in [5, 5.41) is 8.72. The maximum absolute atomic E-state index is 13.5. The Hall–Kier alpha value is -2.96. The van der Waals surface area contributed by atoms with Gasteiger partial charge in [-0.2, -0.15) is 0 Å². The highest BCUT2D eigenvalue weighted by molar-refractivity contribution is 5.98. The maximum Gasteiger partial charge on any atom is 0.276 e. The molecule has 3 aliphatic rings. The van der Waals surface area contributed by atoms with E-state index in [-0.39, 0.29) is 17.2 Å². The predicted molar refractivity (Wildman–Crippen MR) is 110 cm³/mol. The zero-order valence-electron chi connectivity index (χ0n) is 17.1. The second kappa shape index (κ2) is 6.52. The van der Waals surface area contributed by atoms with Crippen LogP contribution in [0.4, 0.5) is 0 Å². The van der Waals surface area contributed by atoms with Gasteiger partial charge in [-0.25, -0.2) is 4.98 Å². The molecule has 0 N–H and O–H groups in total. The van der Waals surface area contributed by atoms with Gasteiger partial charge in [0.05, 0.1) is 0 Å². The van der Waals surface area contributed by atoms with Gasteiger partial charge in [0.2, 0.25) is 0 Å². The lowest BCUT2D eigenvalue weighted by atomic mass is 9.62. The monoisotopic (exact) mass is 403 g/mol. The third kappa shape index (κ3) is 2.71. The van der Waals surface area contributed by atoms with E-state index in [0.717, 1.165) is 36.3 Å². The number of carbonyl (C=O) groups excluding carboxylic acids is 1. The molecule has 1 spiro atoms. The summed E-state index contributed by atoms with van der Waals surface area (Å²) in [5.74, 6) is 1.81.